The highest BCUT2D eigenvalue weighted by Gasteiger charge is 2.00. The third-order valence-corrected chi connectivity index (χ3v) is 1.88. The van der Waals surface area contributed by atoms with Gasteiger partial charge in [0.25, 0.3) is 0 Å². The van der Waals surface area contributed by atoms with E-state index in [1.165, 1.54) is 11.1 Å². The van der Waals surface area contributed by atoms with Gasteiger partial charge < -0.3 is 0 Å². The Bertz CT molecular complexity index is 294. The second-order valence-electron chi connectivity index (χ2n) is 2.57. The number of nitrogens with zero attached hydrogens (tertiary/aromatic N) is 1. The maximum absolute atomic E-state index is 8.72. The van der Waals surface area contributed by atoms with Crippen LogP contribution in [0.25, 0.3) is 0 Å². The molecule has 0 aromatic heterocycles. The van der Waals surface area contributed by atoms with Gasteiger partial charge in [0, 0.05) is 0 Å². The molecule has 0 radical (unpaired) electrons. The highest BCUT2D eigenvalue weighted by atomic mass is 14.2. The molecule has 0 saturated carbocycles. The summed E-state index contributed by atoms with van der Waals surface area (Å²) in [6, 6.07) is 8.02. The molecule has 0 fully saturated rings. The maximum Gasteiger partial charge on any atom is 0.0994 e. The molecule has 0 spiro atoms. The molecule has 0 aliphatic heterocycles. The number of benzene rings is 1. The Balaban J connectivity index is 3.27. The van der Waals surface area contributed by atoms with E-state index in [9.17, 15) is 0 Å². The van der Waals surface area contributed by atoms with Gasteiger partial charge >= 0.3 is 0 Å². The van der Waals surface area contributed by atoms with Crippen molar-refractivity contribution in [2.24, 2.45) is 0 Å². The van der Waals surface area contributed by atoms with Gasteiger partial charge in [-0.15, -0.1) is 0 Å². The van der Waals surface area contributed by atoms with Crippen molar-refractivity contribution in [2.45, 2.75) is 20.3 Å². The predicted octanol–water partition coefficient (Wildman–Crippen LogP) is 2.43. The fourth-order valence-corrected chi connectivity index (χ4v) is 1.28. The van der Waals surface area contributed by atoms with E-state index in [1.807, 2.05) is 25.1 Å². The SMILES string of the molecule is CCc1c(C)cccc1C#N. The van der Waals surface area contributed by atoms with Gasteiger partial charge in [-0.3, -0.25) is 0 Å². The van der Waals surface area contributed by atoms with Crippen molar-refractivity contribution in [2.75, 3.05) is 0 Å². The molecule has 0 unspecified atom stereocenters. The van der Waals surface area contributed by atoms with Crippen LogP contribution in [0.3, 0.4) is 0 Å². The molecule has 56 valence electrons. The zero-order valence-corrected chi connectivity index (χ0v) is 6.89. The van der Waals surface area contributed by atoms with Crippen LogP contribution in [-0.2, 0) is 6.42 Å². The van der Waals surface area contributed by atoms with Crippen molar-refractivity contribution >= 4 is 0 Å². The van der Waals surface area contributed by atoms with Crippen LogP contribution in [0.4, 0.5) is 0 Å². The van der Waals surface area contributed by atoms with Gasteiger partial charge in [0.2, 0.25) is 0 Å². The summed E-state index contributed by atoms with van der Waals surface area (Å²) in [7, 11) is 0. The van der Waals surface area contributed by atoms with Crippen molar-refractivity contribution in [3.63, 3.8) is 0 Å². The summed E-state index contributed by atoms with van der Waals surface area (Å²) in [5.41, 5.74) is 3.20. The first kappa shape index (κ1) is 7.81. The van der Waals surface area contributed by atoms with Gasteiger partial charge in [0.1, 0.15) is 0 Å². The standard InChI is InChI=1S/C10H11N/c1-3-10-8(2)5-4-6-9(10)7-11/h4-6H,3H2,1-2H3. The minimum absolute atomic E-state index is 0.813. The van der Waals surface area contributed by atoms with E-state index >= 15 is 0 Å². The second-order valence-corrected chi connectivity index (χ2v) is 2.57. The molecule has 0 aliphatic carbocycles. The highest BCUT2D eigenvalue weighted by Crippen LogP contribution is 2.13. The minimum Gasteiger partial charge on any atom is -0.192 e. The van der Waals surface area contributed by atoms with Crippen LogP contribution < -0.4 is 0 Å². The van der Waals surface area contributed by atoms with Crippen molar-refractivity contribution in [3.8, 4) is 6.07 Å². The van der Waals surface area contributed by atoms with Crippen molar-refractivity contribution in [1.29, 1.82) is 5.26 Å². The highest BCUT2D eigenvalue weighted by molar-refractivity contribution is 5.42. The number of hydrogen-bond acceptors (Lipinski definition) is 1. The summed E-state index contributed by atoms with van der Waals surface area (Å²) in [6.45, 7) is 4.11. The molecule has 0 amide bonds. The largest absolute Gasteiger partial charge is 0.192 e. The molecule has 1 heteroatoms. The van der Waals surface area contributed by atoms with Crippen LogP contribution in [0, 0.1) is 18.3 Å². The van der Waals surface area contributed by atoms with E-state index in [2.05, 4.69) is 13.0 Å². The lowest BCUT2D eigenvalue weighted by Crippen LogP contribution is -1.90. The van der Waals surface area contributed by atoms with Crippen LogP contribution in [0.5, 0.6) is 0 Å². The Morgan fingerprint density at radius 1 is 1.45 bits per heavy atom. The number of hydrogen-bond donors (Lipinski definition) is 0. The van der Waals surface area contributed by atoms with E-state index in [1.54, 1.807) is 0 Å². The Labute approximate surface area is 67.3 Å². The Hall–Kier alpha value is -1.29. The molecule has 1 rings (SSSR count). The Morgan fingerprint density at radius 3 is 2.64 bits per heavy atom. The Morgan fingerprint density at radius 2 is 2.18 bits per heavy atom. The van der Waals surface area contributed by atoms with E-state index in [0.29, 0.717) is 0 Å². The lowest BCUT2D eigenvalue weighted by Gasteiger charge is -2.02. The predicted molar refractivity (Wildman–Crippen MR) is 45.3 cm³/mol. The fourth-order valence-electron chi connectivity index (χ4n) is 1.28. The summed E-state index contributed by atoms with van der Waals surface area (Å²) in [5.74, 6) is 0. The average molecular weight is 145 g/mol. The van der Waals surface area contributed by atoms with Crippen LogP contribution in [0.1, 0.15) is 23.6 Å². The van der Waals surface area contributed by atoms with Gasteiger partial charge in [-0.2, -0.15) is 5.26 Å². The first-order chi connectivity index (χ1) is 5.29. The summed E-state index contributed by atoms with van der Waals surface area (Å²) in [5, 5.41) is 8.72. The lowest BCUT2D eigenvalue weighted by atomic mass is 10.0. The summed E-state index contributed by atoms with van der Waals surface area (Å²) < 4.78 is 0. The summed E-state index contributed by atoms with van der Waals surface area (Å²) >= 11 is 0. The molecule has 0 aliphatic rings. The van der Waals surface area contributed by atoms with Crippen LogP contribution in [0.2, 0.25) is 0 Å². The van der Waals surface area contributed by atoms with Crippen molar-refractivity contribution in [1.82, 2.24) is 0 Å². The quantitative estimate of drug-likeness (QED) is 0.595. The van der Waals surface area contributed by atoms with Crippen LogP contribution in [-0.4, -0.2) is 0 Å². The van der Waals surface area contributed by atoms with Gasteiger partial charge in [-0.25, -0.2) is 0 Å². The molecule has 0 saturated heterocycles. The molecule has 11 heavy (non-hydrogen) atoms. The fraction of sp³-hybridized carbons (Fsp3) is 0.300. The first-order valence-corrected chi connectivity index (χ1v) is 3.78. The van der Waals surface area contributed by atoms with Gasteiger partial charge in [0.15, 0.2) is 0 Å². The third kappa shape index (κ3) is 1.40. The van der Waals surface area contributed by atoms with Crippen LogP contribution in [0.15, 0.2) is 18.2 Å². The number of rotatable bonds is 1. The average Bonchev–Trinajstić information content (AvgIpc) is 2.04. The maximum atomic E-state index is 8.72. The van der Waals surface area contributed by atoms with Crippen molar-refractivity contribution < 1.29 is 0 Å². The minimum atomic E-state index is 0.813. The molecule has 0 heterocycles. The summed E-state index contributed by atoms with van der Waals surface area (Å²) in [6.07, 6.45) is 0.940. The zero-order chi connectivity index (χ0) is 8.27. The molecule has 1 aromatic carbocycles. The molecule has 0 atom stereocenters. The van der Waals surface area contributed by atoms with E-state index in [-0.39, 0.29) is 0 Å². The van der Waals surface area contributed by atoms with E-state index < -0.39 is 0 Å². The monoisotopic (exact) mass is 145 g/mol. The van der Waals surface area contributed by atoms with Gasteiger partial charge in [-0.1, -0.05) is 19.1 Å². The topological polar surface area (TPSA) is 23.8 Å². The molecular formula is C10H11N. The molecule has 0 bridgehead atoms. The third-order valence-electron chi connectivity index (χ3n) is 1.88. The first-order valence-electron chi connectivity index (χ1n) is 3.78. The van der Waals surface area contributed by atoms with Gasteiger partial charge in [0.05, 0.1) is 11.6 Å². The van der Waals surface area contributed by atoms with Crippen LogP contribution >= 0.6 is 0 Å². The second kappa shape index (κ2) is 3.21. The zero-order valence-electron chi connectivity index (χ0n) is 6.89. The number of nitriles is 1. The lowest BCUT2D eigenvalue weighted by molar-refractivity contribution is 1.10. The van der Waals surface area contributed by atoms with Crippen molar-refractivity contribution in [3.05, 3.63) is 34.9 Å². The van der Waals surface area contributed by atoms with Gasteiger partial charge in [-0.05, 0) is 30.5 Å². The molecular weight excluding hydrogens is 134 g/mol. The van der Waals surface area contributed by atoms with E-state index in [4.69, 9.17) is 5.26 Å². The van der Waals surface area contributed by atoms with E-state index in [0.717, 1.165) is 12.0 Å². The number of aryl methyl sites for hydroxylation is 1. The molecule has 0 N–H and O–H groups in total. The Kier molecular flexibility index (Phi) is 2.28. The summed E-state index contributed by atoms with van der Waals surface area (Å²) in [4.78, 5) is 0. The molecule has 1 nitrogen and oxygen atoms in total. The smallest absolute Gasteiger partial charge is 0.0994 e. The normalized spacial score (nSPS) is 9.18. The molecule has 1 aromatic rings.